The number of hydrogen-bond donors (Lipinski definition) is 2. The van der Waals surface area contributed by atoms with Crippen LogP contribution in [0.3, 0.4) is 0 Å². The van der Waals surface area contributed by atoms with E-state index < -0.39 is 15.8 Å². The lowest BCUT2D eigenvalue weighted by molar-refractivity contribution is 0.424. The molecule has 1 aromatic rings. The van der Waals surface area contributed by atoms with Crippen LogP contribution in [0.15, 0.2) is 17.0 Å². The SMILES string of the molecule is CC(NS(=O)(=O)c1cc(F)c(Cl)c(CN)c1)C1CCCC1. The normalized spacial score (nSPS) is 18.1. The number of rotatable bonds is 5. The second-order valence-corrected chi connectivity index (χ2v) is 7.63. The van der Waals surface area contributed by atoms with Gasteiger partial charge in [0.1, 0.15) is 5.82 Å². The largest absolute Gasteiger partial charge is 0.326 e. The van der Waals surface area contributed by atoms with Crippen LogP contribution in [0.25, 0.3) is 0 Å². The lowest BCUT2D eigenvalue weighted by atomic mass is 10.0. The van der Waals surface area contributed by atoms with Crippen molar-refractivity contribution >= 4 is 21.6 Å². The van der Waals surface area contributed by atoms with E-state index in [-0.39, 0.29) is 28.1 Å². The number of nitrogens with two attached hydrogens (primary N) is 1. The molecule has 3 N–H and O–H groups in total. The lowest BCUT2D eigenvalue weighted by Gasteiger charge is -2.20. The third kappa shape index (κ3) is 3.74. The molecule has 1 atom stereocenters. The Labute approximate surface area is 129 Å². The van der Waals surface area contributed by atoms with Gasteiger partial charge in [-0.2, -0.15) is 0 Å². The van der Waals surface area contributed by atoms with Crippen molar-refractivity contribution in [2.75, 3.05) is 0 Å². The van der Waals surface area contributed by atoms with Gasteiger partial charge in [-0.3, -0.25) is 0 Å². The van der Waals surface area contributed by atoms with E-state index in [1.165, 1.54) is 6.07 Å². The highest BCUT2D eigenvalue weighted by Crippen LogP contribution is 2.29. The first-order valence-corrected chi connectivity index (χ1v) is 8.91. The van der Waals surface area contributed by atoms with Gasteiger partial charge in [0.05, 0.1) is 9.92 Å². The predicted molar refractivity (Wildman–Crippen MR) is 81.0 cm³/mol. The molecule has 0 aliphatic heterocycles. The van der Waals surface area contributed by atoms with Gasteiger partial charge in [-0.05, 0) is 43.4 Å². The van der Waals surface area contributed by atoms with Crippen molar-refractivity contribution in [3.8, 4) is 0 Å². The summed E-state index contributed by atoms with van der Waals surface area (Å²) in [6.07, 6.45) is 4.30. The molecule has 1 unspecified atom stereocenters. The molecule has 1 fully saturated rings. The zero-order chi connectivity index (χ0) is 15.6. The summed E-state index contributed by atoms with van der Waals surface area (Å²) in [5, 5.41) is -0.125. The standard InChI is InChI=1S/C14H20ClFN2O2S/c1-9(10-4-2-3-5-10)18-21(19,20)12-6-11(8-17)14(15)13(16)7-12/h6-7,9-10,18H,2-5,8,17H2,1H3. The summed E-state index contributed by atoms with van der Waals surface area (Å²) in [6.45, 7) is 1.83. The van der Waals surface area contributed by atoms with Crippen molar-refractivity contribution in [1.29, 1.82) is 0 Å². The molecule has 0 amide bonds. The van der Waals surface area contributed by atoms with E-state index in [0.717, 1.165) is 31.7 Å². The smallest absolute Gasteiger partial charge is 0.240 e. The summed E-state index contributed by atoms with van der Waals surface area (Å²) < 4.78 is 41.1. The summed E-state index contributed by atoms with van der Waals surface area (Å²) in [7, 11) is -3.77. The first-order valence-electron chi connectivity index (χ1n) is 7.05. The molecule has 118 valence electrons. The molecule has 1 aromatic carbocycles. The van der Waals surface area contributed by atoms with Crippen molar-refractivity contribution in [2.24, 2.45) is 11.7 Å². The number of benzene rings is 1. The van der Waals surface area contributed by atoms with E-state index in [1.807, 2.05) is 6.92 Å². The molecule has 4 nitrogen and oxygen atoms in total. The van der Waals surface area contributed by atoms with Crippen LogP contribution in [-0.4, -0.2) is 14.5 Å². The molecule has 2 rings (SSSR count). The summed E-state index contributed by atoms with van der Waals surface area (Å²) in [4.78, 5) is -0.130. The van der Waals surface area contributed by atoms with Crippen molar-refractivity contribution in [3.63, 3.8) is 0 Å². The molecule has 0 radical (unpaired) electrons. The van der Waals surface area contributed by atoms with E-state index in [9.17, 15) is 12.8 Å². The summed E-state index contributed by atoms with van der Waals surface area (Å²) >= 11 is 5.75. The molecule has 0 aromatic heterocycles. The van der Waals surface area contributed by atoms with Crippen LogP contribution in [0.4, 0.5) is 4.39 Å². The van der Waals surface area contributed by atoms with E-state index in [2.05, 4.69) is 4.72 Å². The maximum atomic E-state index is 13.7. The Balaban J connectivity index is 2.24. The highest BCUT2D eigenvalue weighted by Gasteiger charge is 2.27. The van der Waals surface area contributed by atoms with Crippen molar-refractivity contribution in [2.45, 2.75) is 50.1 Å². The fraction of sp³-hybridized carbons (Fsp3) is 0.571. The third-order valence-corrected chi connectivity index (χ3v) is 6.02. The number of halogens is 2. The van der Waals surface area contributed by atoms with E-state index in [1.54, 1.807) is 0 Å². The van der Waals surface area contributed by atoms with E-state index in [0.29, 0.717) is 5.92 Å². The Morgan fingerprint density at radius 1 is 1.43 bits per heavy atom. The topological polar surface area (TPSA) is 72.2 Å². The monoisotopic (exact) mass is 334 g/mol. The van der Waals surface area contributed by atoms with E-state index >= 15 is 0 Å². The van der Waals surface area contributed by atoms with Crippen LogP contribution >= 0.6 is 11.6 Å². The van der Waals surface area contributed by atoms with Gasteiger partial charge in [0, 0.05) is 12.6 Å². The minimum Gasteiger partial charge on any atom is -0.326 e. The maximum Gasteiger partial charge on any atom is 0.240 e. The quantitative estimate of drug-likeness (QED) is 0.869. The fourth-order valence-corrected chi connectivity index (χ4v) is 4.35. The molecule has 0 spiro atoms. The average Bonchev–Trinajstić information content (AvgIpc) is 2.95. The molecule has 7 heteroatoms. The van der Waals surface area contributed by atoms with Crippen LogP contribution in [0.2, 0.25) is 5.02 Å². The number of hydrogen-bond acceptors (Lipinski definition) is 3. The second kappa shape index (κ2) is 6.60. The van der Waals surface area contributed by atoms with Gasteiger partial charge in [0.25, 0.3) is 0 Å². The molecule has 0 bridgehead atoms. The van der Waals surface area contributed by atoms with Gasteiger partial charge in [-0.25, -0.2) is 17.5 Å². The van der Waals surface area contributed by atoms with Crippen LogP contribution in [0.5, 0.6) is 0 Å². The molecule has 21 heavy (non-hydrogen) atoms. The maximum absolute atomic E-state index is 13.7. The van der Waals surface area contributed by atoms with Crippen molar-refractivity contribution in [3.05, 3.63) is 28.5 Å². The molecule has 1 aliphatic rings. The fourth-order valence-electron chi connectivity index (χ4n) is 2.79. The summed E-state index contributed by atoms with van der Waals surface area (Å²) in [5.41, 5.74) is 5.75. The minimum absolute atomic E-state index is 0.0166. The average molecular weight is 335 g/mol. The molecular formula is C14H20ClFN2O2S. The van der Waals surface area contributed by atoms with Gasteiger partial charge >= 0.3 is 0 Å². The molecule has 0 heterocycles. The lowest BCUT2D eigenvalue weighted by Crippen LogP contribution is -2.37. The van der Waals surface area contributed by atoms with Crippen molar-refractivity contribution < 1.29 is 12.8 Å². The molecular weight excluding hydrogens is 315 g/mol. The predicted octanol–water partition coefficient (Wildman–Crippen LogP) is 2.79. The third-order valence-electron chi connectivity index (χ3n) is 4.06. The van der Waals surface area contributed by atoms with Crippen LogP contribution < -0.4 is 10.5 Å². The Bertz CT molecular complexity index is 616. The zero-order valence-corrected chi connectivity index (χ0v) is 13.5. The highest BCUT2D eigenvalue weighted by atomic mass is 35.5. The zero-order valence-electron chi connectivity index (χ0n) is 11.9. The highest BCUT2D eigenvalue weighted by molar-refractivity contribution is 7.89. The summed E-state index contributed by atoms with van der Waals surface area (Å²) in [5.74, 6) is -0.431. The van der Waals surface area contributed by atoms with Gasteiger partial charge in [0.15, 0.2) is 0 Å². The number of sulfonamides is 1. The Hall–Kier alpha value is -0.690. The molecule has 1 saturated carbocycles. The Morgan fingerprint density at radius 2 is 2.05 bits per heavy atom. The van der Waals surface area contributed by atoms with Crippen molar-refractivity contribution in [1.82, 2.24) is 4.72 Å². The van der Waals surface area contributed by atoms with Crippen LogP contribution in [-0.2, 0) is 16.6 Å². The van der Waals surface area contributed by atoms with Gasteiger partial charge in [-0.15, -0.1) is 0 Å². The van der Waals surface area contributed by atoms with Gasteiger partial charge in [-0.1, -0.05) is 24.4 Å². The molecule has 1 aliphatic carbocycles. The first-order chi connectivity index (χ1) is 9.85. The minimum atomic E-state index is -3.77. The number of nitrogens with one attached hydrogen (secondary N) is 1. The van der Waals surface area contributed by atoms with E-state index in [4.69, 9.17) is 17.3 Å². The first kappa shape index (κ1) is 16.7. The van der Waals surface area contributed by atoms with Crippen LogP contribution in [0.1, 0.15) is 38.2 Å². The van der Waals surface area contributed by atoms with Gasteiger partial charge in [0.2, 0.25) is 10.0 Å². The Kier molecular flexibility index (Phi) is 5.24. The van der Waals surface area contributed by atoms with Crippen LogP contribution in [0, 0.1) is 11.7 Å². The Morgan fingerprint density at radius 3 is 2.62 bits per heavy atom. The van der Waals surface area contributed by atoms with Gasteiger partial charge < -0.3 is 5.73 Å². The summed E-state index contributed by atoms with van der Waals surface area (Å²) in [6, 6.07) is 2.10. The molecule has 0 saturated heterocycles. The second-order valence-electron chi connectivity index (χ2n) is 5.54.